The van der Waals surface area contributed by atoms with Gasteiger partial charge in [-0.25, -0.2) is 4.39 Å². The molecule has 0 saturated carbocycles. The smallest absolute Gasteiger partial charge is 0.126 e. The molecule has 19 heavy (non-hydrogen) atoms. The average molecular weight is 287 g/mol. The molecule has 1 aromatic rings. The first-order chi connectivity index (χ1) is 9.10. The third kappa shape index (κ3) is 3.89. The van der Waals surface area contributed by atoms with Crippen LogP contribution in [0.3, 0.4) is 0 Å². The van der Waals surface area contributed by atoms with Crippen LogP contribution in [0.15, 0.2) is 12.1 Å². The van der Waals surface area contributed by atoms with E-state index in [0.29, 0.717) is 17.1 Å². The van der Waals surface area contributed by atoms with Crippen LogP contribution in [0.1, 0.15) is 11.1 Å². The molecule has 3 nitrogen and oxygen atoms in total. The van der Waals surface area contributed by atoms with E-state index in [1.807, 2.05) is 0 Å². The molecule has 1 heterocycles. The predicted octanol–water partition coefficient (Wildman–Crippen LogP) is 1.90. The topological polar surface area (TPSA) is 26.7 Å². The van der Waals surface area contributed by atoms with E-state index in [2.05, 4.69) is 9.80 Å². The minimum absolute atomic E-state index is 0.196. The molecule has 1 aromatic carbocycles. The summed E-state index contributed by atoms with van der Waals surface area (Å²) in [6.45, 7) is 7.06. The third-order valence-corrected chi connectivity index (χ3v) is 3.95. The lowest BCUT2D eigenvalue weighted by Gasteiger charge is -2.34. The van der Waals surface area contributed by atoms with Crippen molar-refractivity contribution in [2.75, 3.05) is 39.3 Å². The number of rotatable bonds is 4. The Balaban J connectivity index is 1.94. The van der Waals surface area contributed by atoms with E-state index in [9.17, 15) is 4.39 Å². The van der Waals surface area contributed by atoms with Crippen LogP contribution in [-0.2, 0) is 6.54 Å². The Morgan fingerprint density at radius 1 is 1.21 bits per heavy atom. The van der Waals surface area contributed by atoms with Crippen LogP contribution in [-0.4, -0.2) is 54.2 Å². The van der Waals surface area contributed by atoms with Crippen molar-refractivity contribution in [2.24, 2.45) is 0 Å². The molecule has 0 bridgehead atoms. The second kappa shape index (κ2) is 6.66. The van der Waals surface area contributed by atoms with Crippen LogP contribution in [0.25, 0.3) is 0 Å². The summed E-state index contributed by atoms with van der Waals surface area (Å²) in [6, 6.07) is 3.23. The van der Waals surface area contributed by atoms with E-state index in [1.165, 1.54) is 6.07 Å². The van der Waals surface area contributed by atoms with Crippen molar-refractivity contribution in [1.29, 1.82) is 0 Å². The van der Waals surface area contributed by atoms with Crippen molar-refractivity contribution in [2.45, 2.75) is 13.5 Å². The van der Waals surface area contributed by atoms with Gasteiger partial charge in [0.05, 0.1) is 6.61 Å². The van der Waals surface area contributed by atoms with Crippen molar-refractivity contribution >= 4 is 11.6 Å². The molecule has 5 heteroatoms. The fourth-order valence-electron chi connectivity index (χ4n) is 2.36. The fraction of sp³-hybridized carbons (Fsp3) is 0.571. The van der Waals surface area contributed by atoms with Crippen LogP contribution >= 0.6 is 11.6 Å². The van der Waals surface area contributed by atoms with Gasteiger partial charge >= 0.3 is 0 Å². The highest BCUT2D eigenvalue weighted by molar-refractivity contribution is 6.31. The van der Waals surface area contributed by atoms with Crippen molar-refractivity contribution in [3.8, 4) is 0 Å². The Kier molecular flexibility index (Phi) is 5.16. The zero-order chi connectivity index (χ0) is 13.8. The van der Waals surface area contributed by atoms with Gasteiger partial charge in [0.25, 0.3) is 0 Å². The zero-order valence-electron chi connectivity index (χ0n) is 11.2. The molecular weight excluding hydrogens is 267 g/mol. The van der Waals surface area contributed by atoms with E-state index >= 15 is 0 Å². The molecule has 0 aliphatic carbocycles. The summed E-state index contributed by atoms with van der Waals surface area (Å²) in [6.07, 6.45) is 0. The Hall–Kier alpha value is -0.680. The number of β-amino-alcohol motifs (C(OH)–C–C–N with tert-alkyl or cyclic N) is 1. The molecule has 1 aliphatic heterocycles. The summed E-state index contributed by atoms with van der Waals surface area (Å²) in [4.78, 5) is 4.50. The number of halogens is 2. The minimum atomic E-state index is -0.196. The summed E-state index contributed by atoms with van der Waals surface area (Å²) in [5, 5.41) is 9.53. The second-order valence-electron chi connectivity index (χ2n) is 5.03. The largest absolute Gasteiger partial charge is 0.395 e. The molecule has 1 fully saturated rings. The maximum absolute atomic E-state index is 13.6. The minimum Gasteiger partial charge on any atom is -0.395 e. The van der Waals surface area contributed by atoms with Gasteiger partial charge in [0.1, 0.15) is 5.82 Å². The van der Waals surface area contributed by atoms with Gasteiger partial charge in [-0.15, -0.1) is 0 Å². The lowest BCUT2D eigenvalue weighted by atomic mass is 10.1. The molecule has 106 valence electrons. The van der Waals surface area contributed by atoms with Crippen LogP contribution in [0.4, 0.5) is 4.39 Å². The quantitative estimate of drug-likeness (QED) is 0.916. The van der Waals surface area contributed by atoms with Gasteiger partial charge in [-0.05, 0) is 30.2 Å². The predicted molar refractivity (Wildman–Crippen MR) is 74.9 cm³/mol. The molecule has 1 N–H and O–H groups in total. The fourth-order valence-corrected chi connectivity index (χ4v) is 2.64. The van der Waals surface area contributed by atoms with Gasteiger partial charge in [-0.2, -0.15) is 0 Å². The maximum atomic E-state index is 13.6. The average Bonchev–Trinajstić information content (AvgIpc) is 2.38. The molecule has 0 atom stereocenters. The Morgan fingerprint density at radius 2 is 1.84 bits per heavy atom. The molecule has 1 aliphatic rings. The molecule has 0 amide bonds. The van der Waals surface area contributed by atoms with Crippen LogP contribution in [0, 0.1) is 12.7 Å². The molecule has 1 saturated heterocycles. The second-order valence-corrected chi connectivity index (χ2v) is 5.44. The lowest BCUT2D eigenvalue weighted by molar-refractivity contribution is 0.108. The summed E-state index contributed by atoms with van der Waals surface area (Å²) in [5.74, 6) is -0.196. The number of hydrogen-bond acceptors (Lipinski definition) is 3. The highest BCUT2D eigenvalue weighted by atomic mass is 35.5. The van der Waals surface area contributed by atoms with Crippen molar-refractivity contribution in [1.82, 2.24) is 9.80 Å². The van der Waals surface area contributed by atoms with Gasteiger partial charge < -0.3 is 5.11 Å². The number of benzene rings is 1. The standard InChI is InChI=1S/C14H20ClFN2O/c1-11-8-13(15)12(9-14(11)16)10-18-4-2-17(3-5-18)6-7-19/h8-9,19H,2-7,10H2,1H3. The number of piperazine rings is 1. The Labute approximate surface area is 118 Å². The van der Waals surface area contributed by atoms with E-state index < -0.39 is 0 Å². The summed E-state index contributed by atoms with van der Waals surface area (Å²) >= 11 is 6.16. The van der Waals surface area contributed by atoms with Gasteiger partial charge in [0, 0.05) is 44.3 Å². The first-order valence-corrected chi connectivity index (χ1v) is 6.98. The van der Waals surface area contributed by atoms with Crippen LogP contribution < -0.4 is 0 Å². The number of aliphatic hydroxyl groups excluding tert-OH is 1. The molecule has 0 spiro atoms. The number of aliphatic hydroxyl groups is 1. The highest BCUT2D eigenvalue weighted by Crippen LogP contribution is 2.22. The van der Waals surface area contributed by atoms with E-state index in [1.54, 1.807) is 13.0 Å². The van der Waals surface area contributed by atoms with Gasteiger partial charge in [-0.3, -0.25) is 9.80 Å². The molecule has 0 radical (unpaired) electrons. The lowest BCUT2D eigenvalue weighted by Crippen LogP contribution is -2.46. The van der Waals surface area contributed by atoms with E-state index in [-0.39, 0.29) is 12.4 Å². The number of aryl methyl sites for hydroxylation is 1. The number of nitrogens with zero attached hydrogens (tertiary/aromatic N) is 2. The van der Waals surface area contributed by atoms with Gasteiger partial charge in [-0.1, -0.05) is 11.6 Å². The Bertz CT molecular complexity index is 434. The monoisotopic (exact) mass is 286 g/mol. The Morgan fingerprint density at radius 3 is 2.47 bits per heavy atom. The van der Waals surface area contributed by atoms with Crippen LogP contribution in [0.5, 0.6) is 0 Å². The van der Waals surface area contributed by atoms with Gasteiger partial charge in [0.15, 0.2) is 0 Å². The van der Waals surface area contributed by atoms with Crippen LogP contribution in [0.2, 0.25) is 5.02 Å². The van der Waals surface area contributed by atoms with E-state index in [4.69, 9.17) is 16.7 Å². The maximum Gasteiger partial charge on any atom is 0.126 e. The molecule has 2 rings (SSSR count). The first-order valence-electron chi connectivity index (χ1n) is 6.60. The summed E-state index contributed by atoms with van der Waals surface area (Å²) in [7, 11) is 0. The van der Waals surface area contributed by atoms with Gasteiger partial charge in [0.2, 0.25) is 0 Å². The summed E-state index contributed by atoms with van der Waals surface area (Å²) < 4.78 is 13.6. The SMILES string of the molecule is Cc1cc(Cl)c(CN2CCN(CCO)CC2)cc1F. The van der Waals surface area contributed by atoms with Crippen molar-refractivity contribution in [3.63, 3.8) is 0 Å². The third-order valence-electron chi connectivity index (χ3n) is 3.60. The van der Waals surface area contributed by atoms with Crippen molar-refractivity contribution < 1.29 is 9.50 Å². The normalized spacial score (nSPS) is 17.9. The highest BCUT2D eigenvalue weighted by Gasteiger charge is 2.17. The number of hydrogen-bond donors (Lipinski definition) is 1. The molecule has 0 aromatic heterocycles. The summed E-state index contributed by atoms with van der Waals surface area (Å²) in [5.41, 5.74) is 1.43. The zero-order valence-corrected chi connectivity index (χ0v) is 12.0. The van der Waals surface area contributed by atoms with Crippen molar-refractivity contribution in [3.05, 3.63) is 34.1 Å². The molecule has 0 unspecified atom stereocenters. The van der Waals surface area contributed by atoms with E-state index in [0.717, 1.165) is 38.3 Å². The first kappa shape index (κ1) is 14.7. The molecular formula is C14H20ClFN2O.